The van der Waals surface area contributed by atoms with E-state index in [-0.39, 0.29) is 13.2 Å². The van der Waals surface area contributed by atoms with Gasteiger partial charge in [0.05, 0.1) is 55.5 Å². The van der Waals surface area contributed by atoms with Crippen LogP contribution in [0.4, 0.5) is 0 Å². The molecule has 7 nitrogen and oxygen atoms in total. The third-order valence-corrected chi connectivity index (χ3v) is 1.54. The Bertz CT molecular complexity index is 181. The molecule has 0 aliphatic carbocycles. The fourth-order valence-corrected chi connectivity index (χ4v) is 0.600. The van der Waals surface area contributed by atoms with Crippen LogP contribution in [0.2, 0.25) is 0 Å². The van der Waals surface area contributed by atoms with Crippen molar-refractivity contribution in [3.63, 3.8) is 0 Å². The monoisotopic (exact) mass is 336 g/mol. The van der Waals surface area contributed by atoms with Gasteiger partial charge < -0.3 is 19.2 Å². The van der Waals surface area contributed by atoms with Gasteiger partial charge in [0.25, 0.3) is 0 Å². The minimum atomic E-state index is -3.79. The van der Waals surface area contributed by atoms with E-state index in [1.165, 1.54) is 0 Å². The number of nitrogens with zero attached hydrogens (tertiary/aromatic N) is 2. The number of quaternary nitrogens is 2. The molecule has 0 heterocycles. The topological polar surface area (TPSA) is 104 Å². The first kappa shape index (κ1) is 23.2. The van der Waals surface area contributed by atoms with Gasteiger partial charge in [0.15, 0.2) is 0 Å². The molecule has 0 aromatic carbocycles. The Kier molecular flexibility index (Phi) is 15.6. The summed E-state index contributed by atoms with van der Waals surface area (Å²) in [5, 5.41) is 16.8. The number of hydrogen-bond acceptors (Lipinski definition) is 5. The van der Waals surface area contributed by atoms with Crippen molar-refractivity contribution in [2.75, 3.05) is 68.6 Å². The normalized spacial score (nSPS) is 11.3. The van der Waals surface area contributed by atoms with Crippen molar-refractivity contribution in [3.8, 4) is 0 Å². The molecule has 0 aromatic rings. The fourth-order valence-electron chi connectivity index (χ4n) is 0.600. The Morgan fingerprint density at radius 3 is 1.00 bits per heavy atom. The molecule has 2 N–H and O–H groups in total. The van der Waals surface area contributed by atoms with E-state index >= 15 is 0 Å². The Hall–Kier alpha value is 0.0795. The molecule has 8 heteroatoms. The van der Waals surface area contributed by atoms with Gasteiger partial charge in [-0.25, -0.2) is 0 Å². The molecule has 0 rings (SSSR count). The van der Waals surface area contributed by atoms with Gasteiger partial charge in [-0.1, -0.05) is 0 Å². The third-order valence-electron chi connectivity index (χ3n) is 1.54. The van der Waals surface area contributed by atoms with Crippen molar-refractivity contribution < 1.29 is 31.4 Å². The zero-order valence-corrected chi connectivity index (χ0v) is 14.0. The molecule has 114 valence electrons. The van der Waals surface area contributed by atoms with Crippen LogP contribution < -0.4 is 8.38 Å². The van der Waals surface area contributed by atoms with Crippen LogP contribution in [0.1, 0.15) is 0 Å². The van der Waals surface area contributed by atoms with Gasteiger partial charge in [-0.3, -0.25) is 0 Å². The first-order valence-electron chi connectivity index (χ1n) is 5.45. The molecule has 0 amide bonds. The Morgan fingerprint density at radius 2 is 1.00 bits per heavy atom. The zero-order valence-electron chi connectivity index (χ0n) is 12.3. The molecule has 0 aliphatic rings. The van der Waals surface area contributed by atoms with Gasteiger partial charge in [-0.05, 0) is 0 Å². The molecular formula is C10H28N2O5Se. The number of likely N-dealkylation sites (N-methyl/N-ethyl adjacent to an activating group) is 2. The summed E-state index contributed by atoms with van der Waals surface area (Å²) in [6.07, 6.45) is 0. The molecule has 0 aliphatic heterocycles. The summed E-state index contributed by atoms with van der Waals surface area (Å²) in [6.45, 7) is 2.23. The number of rotatable bonds is 4. The van der Waals surface area contributed by atoms with Gasteiger partial charge in [-0.2, -0.15) is 0 Å². The second-order valence-electron chi connectivity index (χ2n) is 5.68. The van der Waals surface area contributed by atoms with E-state index in [1.54, 1.807) is 0 Å². The SMILES string of the molecule is C[N+](C)(C)CCO.C[N+](C)(C)CCO.O=[Se]([O-])[O-]. The molecular weight excluding hydrogens is 307 g/mol. The number of aliphatic hydroxyl groups is 2. The van der Waals surface area contributed by atoms with Crippen molar-refractivity contribution in [1.29, 1.82) is 0 Å². The maximum absolute atomic E-state index is 8.54. The van der Waals surface area contributed by atoms with Crippen LogP contribution in [0, 0.1) is 0 Å². The van der Waals surface area contributed by atoms with Gasteiger partial charge in [0.2, 0.25) is 0 Å². The quantitative estimate of drug-likeness (QED) is 0.410. The van der Waals surface area contributed by atoms with E-state index in [2.05, 4.69) is 42.3 Å². The molecule has 0 saturated heterocycles. The number of aliphatic hydroxyl groups excluding tert-OH is 2. The fraction of sp³-hybridized carbons (Fsp3) is 1.00. The first-order chi connectivity index (χ1) is 7.85. The Labute approximate surface area is 115 Å². The third kappa shape index (κ3) is 56.0. The molecule has 0 radical (unpaired) electrons. The predicted molar refractivity (Wildman–Crippen MR) is 66.4 cm³/mol. The van der Waals surface area contributed by atoms with Crippen LogP contribution in [0.3, 0.4) is 0 Å². The summed E-state index contributed by atoms with van der Waals surface area (Å²) < 4.78 is 27.3. The second-order valence-corrected chi connectivity index (χ2v) is 6.54. The maximum atomic E-state index is 8.54. The van der Waals surface area contributed by atoms with Crippen molar-refractivity contribution >= 4 is 14.5 Å². The van der Waals surface area contributed by atoms with Crippen LogP contribution in [0.15, 0.2) is 0 Å². The van der Waals surface area contributed by atoms with Gasteiger partial charge in [0.1, 0.15) is 13.1 Å². The van der Waals surface area contributed by atoms with Crippen molar-refractivity contribution in [3.05, 3.63) is 0 Å². The molecule has 0 aromatic heterocycles. The molecule has 0 fully saturated rings. The second kappa shape index (κ2) is 12.1. The first-order valence-corrected chi connectivity index (χ1v) is 7.55. The predicted octanol–water partition coefficient (Wildman–Crippen LogP) is -3.51. The van der Waals surface area contributed by atoms with E-state index in [1.807, 2.05) is 0 Å². The van der Waals surface area contributed by atoms with Crippen LogP contribution in [0.5, 0.6) is 0 Å². The summed E-state index contributed by atoms with van der Waals surface area (Å²) >= 11 is -3.79. The summed E-state index contributed by atoms with van der Waals surface area (Å²) in [5.41, 5.74) is 0. The molecule has 0 bridgehead atoms. The van der Waals surface area contributed by atoms with Crippen LogP contribution in [-0.2, 0) is 3.83 Å². The van der Waals surface area contributed by atoms with Crippen LogP contribution >= 0.6 is 0 Å². The summed E-state index contributed by atoms with van der Waals surface area (Å²) in [7, 11) is 12.3. The Balaban J connectivity index is -0.000000196. The average molecular weight is 335 g/mol. The summed E-state index contributed by atoms with van der Waals surface area (Å²) in [6, 6.07) is 0. The molecule has 0 spiro atoms. The van der Waals surface area contributed by atoms with E-state index in [4.69, 9.17) is 22.4 Å². The van der Waals surface area contributed by atoms with Crippen molar-refractivity contribution in [2.45, 2.75) is 0 Å². The molecule has 0 unspecified atom stereocenters. The van der Waals surface area contributed by atoms with E-state index < -0.39 is 14.5 Å². The van der Waals surface area contributed by atoms with Crippen molar-refractivity contribution in [2.24, 2.45) is 0 Å². The number of hydrogen-bond donors (Lipinski definition) is 2. The summed E-state index contributed by atoms with van der Waals surface area (Å²) in [4.78, 5) is 0. The van der Waals surface area contributed by atoms with Crippen LogP contribution in [0.25, 0.3) is 0 Å². The van der Waals surface area contributed by atoms with E-state index in [9.17, 15) is 0 Å². The Morgan fingerprint density at radius 1 is 0.833 bits per heavy atom. The van der Waals surface area contributed by atoms with E-state index in [0.29, 0.717) is 0 Å². The van der Waals surface area contributed by atoms with Crippen LogP contribution in [-0.4, -0.2) is 102 Å². The standard InChI is InChI=1S/2C5H14NO.H2O3Se/c2*1-6(2,3)4-5-7;1-4(2)3/h2*7H,4-5H2,1-3H3;(H2,1,2,3)/q2*+1;/p-2. The molecule has 0 atom stereocenters. The average Bonchev–Trinajstić information content (AvgIpc) is 1.97. The van der Waals surface area contributed by atoms with Gasteiger partial charge in [0, 0.05) is 0 Å². The zero-order chi connectivity index (χ0) is 15.4. The molecule has 18 heavy (non-hydrogen) atoms. The van der Waals surface area contributed by atoms with Gasteiger partial charge in [-0.15, -0.1) is 0 Å². The summed E-state index contributed by atoms with van der Waals surface area (Å²) in [5.74, 6) is 0. The minimum absolute atomic E-state index is 0.281. The molecule has 0 saturated carbocycles. The van der Waals surface area contributed by atoms with Crippen molar-refractivity contribution in [1.82, 2.24) is 0 Å². The van der Waals surface area contributed by atoms with Gasteiger partial charge >= 0.3 is 26.7 Å². The van der Waals surface area contributed by atoms with E-state index in [0.717, 1.165) is 22.1 Å².